The van der Waals surface area contributed by atoms with Crippen LogP contribution in [0.1, 0.15) is 5.69 Å². The van der Waals surface area contributed by atoms with E-state index in [-0.39, 0.29) is 12.3 Å². The molecule has 130 valence electrons. The van der Waals surface area contributed by atoms with Gasteiger partial charge in [-0.2, -0.15) is 5.26 Å². The Kier molecular flexibility index (Phi) is 3.89. The van der Waals surface area contributed by atoms with Crippen molar-refractivity contribution in [2.24, 2.45) is 0 Å². The molecule has 3 aromatic heterocycles. The van der Waals surface area contributed by atoms with E-state index < -0.39 is 6.67 Å². The van der Waals surface area contributed by atoms with Gasteiger partial charge in [-0.05, 0) is 24.3 Å². The van der Waals surface area contributed by atoms with Crippen molar-refractivity contribution in [2.75, 3.05) is 25.6 Å². The minimum Gasteiger partial charge on any atom is -0.491 e. The maximum atomic E-state index is 12.3. The molecule has 0 unspecified atom stereocenters. The van der Waals surface area contributed by atoms with Crippen molar-refractivity contribution in [3.63, 3.8) is 0 Å². The molecule has 0 atom stereocenters. The Morgan fingerprint density at radius 2 is 2.23 bits per heavy atom. The van der Waals surface area contributed by atoms with Crippen molar-refractivity contribution in [3.05, 3.63) is 42.4 Å². The molecule has 26 heavy (non-hydrogen) atoms. The van der Waals surface area contributed by atoms with Crippen LogP contribution in [-0.2, 0) is 0 Å². The van der Waals surface area contributed by atoms with Gasteiger partial charge in [0.2, 0.25) is 0 Å². The summed E-state index contributed by atoms with van der Waals surface area (Å²) >= 11 is 0. The molecule has 8 heteroatoms. The van der Waals surface area contributed by atoms with Gasteiger partial charge in [-0.15, -0.1) is 0 Å². The first kappa shape index (κ1) is 15.9. The molecule has 1 aromatic carbocycles. The SMILES string of the molecule is CNc1c(-c2cc3cc(OCCF)ccc3o2)nc2cc(C#N)ncn12. The Morgan fingerprint density at radius 1 is 1.35 bits per heavy atom. The molecule has 0 saturated heterocycles. The summed E-state index contributed by atoms with van der Waals surface area (Å²) in [6.07, 6.45) is 1.54. The normalized spacial score (nSPS) is 11.0. The molecule has 0 amide bonds. The maximum absolute atomic E-state index is 12.3. The molecule has 0 bridgehead atoms. The number of aromatic nitrogens is 3. The highest BCUT2D eigenvalue weighted by Gasteiger charge is 2.18. The summed E-state index contributed by atoms with van der Waals surface area (Å²) in [5.74, 6) is 1.84. The molecule has 0 aliphatic carbocycles. The van der Waals surface area contributed by atoms with Gasteiger partial charge in [-0.1, -0.05) is 0 Å². The standard InChI is InChI=1S/C18H14FN5O2/c1-21-18-17(23-16-8-12(9-20)22-10-24(16)18)15-7-11-6-13(25-5-4-19)2-3-14(11)26-15/h2-3,6-8,10,21H,4-5H2,1H3. The highest BCUT2D eigenvalue weighted by atomic mass is 19.1. The molecule has 0 aliphatic rings. The Labute approximate surface area is 147 Å². The summed E-state index contributed by atoms with van der Waals surface area (Å²) in [7, 11) is 1.77. The van der Waals surface area contributed by atoms with Crippen LogP contribution in [0.4, 0.5) is 10.2 Å². The van der Waals surface area contributed by atoms with Crippen LogP contribution in [0.3, 0.4) is 0 Å². The van der Waals surface area contributed by atoms with E-state index in [9.17, 15) is 4.39 Å². The second-order valence-corrected chi connectivity index (χ2v) is 5.52. The summed E-state index contributed by atoms with van der Waals surface area (Å²) in [5.41, 5.74) is 2.15. The Hall–Kier alpha value is -3.60. The second kappa shape index (κ2) is 6.37. The van der Waals surface area contributed by atoms with Crippen molar-refractivity contribution >= 4 is 22.4 Å². The average Bonchev–Trinajstić information content (AvgIpc) is 3.25. The van der Waals surface area contributed by atoms with Crippen molar-refractivity contribution < 1.29 is 13.5 Å². The first-order chi connectivity index (χ1) is 12.7. The molecular weight excluding hydrogens is 337 g/mol. The molecule has 0 aliphatic heterocycles. The summed E-state index contributed by atoms with van der Waals surface area (Å²) in [6, 6.07) is 10.8. The van der Waals surface area contributed by atoms with Gasteiger partial charge in [-0.3, -0.25) is 4.40 Å². The van der Waals surface area contributed by atoms with Crippen molar-refractivity contribution in [1.29, 1.82) is 5.26 Å². The monoisotopic (exact) mass is 351 g/mol. The van der Waals surface area contributed by atoms with E-state index in [4.69, 9.17) is 14.4 Å². The summed E-state index contributed by atoms with van der Waals surface area (Å²) < 4.78 is 25.2. The second-order valence-electron chi connectivity index (χ2n) is 5.52. The number of ether oxygens (including phenoxy) is 1. The fraction of sp³-hybridized carbons (Fsp3) is 0.167. The van der Waals surface area contributed by atoms with E-state index >= 15 is 0 Å². The fourth-order valence-corrected chi connectivity index (χ4v) is 2.80. The van der Waals surface area contributed by atoms with Crippen LogP contribution in [0.5, 0.6) is 5.75 Å². The lowest BCUT2D eigenvalue weighted by Crippen LogP contribution is -1.97. The van der Waals surface area contributed by atoms with Crippen LogP contribution in [0, 0.1) is 11.3 Å². The number of nitriles is 1. The number of fused-ring (bicyclic) bond motifs is 2. The fourth-order valence-electron chi connectivity index (χ4n) is 2.80. The van der Waals surface area contributed by atoms with Crippen LogP contribution in [0.25, 0.3) is 28.1 Å². The highest BCUT2D eigenvalue weighted by Crippen LogP contribution is 2.34. The van der Waals surface area contributed by atoms with E-state index in [1.54, 1.807) is 42.0 Å². The zero-order valence-corrected chi connectivity index (χ0v) is 13.9. The van der Waals surface area contributed by atoms with Crippen LogP contribution in [0.2, 0.25) is 0 Å². The number of hydrogen-bond acceptors (Lipinski definition) is 6. The third-order valence-electron chi connectivity index (χ3n) is 3.93. The van der Waals surface area contributed by atoms with Crippen molar-refractivity contribution in [3.8, 4) is 23.3 Å². The van der Waals surface area contributed by atoms with Gasteiger partial charge in [-0.25, -0.2) is 14.4 Å². The number of halogens is 1. The number of nitrogens with zero attached hydrogens (tertiary/aromatic N) is 4. The third kappa shape index (κ3) is 2.59. The summed E-state index contributed by atoms with van der Waals surface area (Å²) in [4.78, 5) is 8.63. The number of alkyl halides is 1. The molecule has 3 heterocycles. The van der Waals surface area contributed by atoms with Gasteiger partial charge < -0.3 is 14.5 Å². The van der Waals surface area contributed by atoms with Crippen molar-refractivity contribution in [2.45, 2.75) is 0 Å². The number of hydrogen-bond donors (Lipinski definition) is 1. The number of benzene rings is 1. The summed E-state index contributed by atoms with van der Waals surface area (Å²) in [5, 5.41) is 12.9. The predicted molar refractivity (Wildman–Crippen MR) is 93.9 cm³/mol. The zero-order valence-electron chi connectivity index (χ0n) is 13.9. The maximum Gasteiger partial charge on any atom is 0.157 e. The summed E-state index contributed by atoms with van der Waals surface area (Å²) in [6.45, 7) is -0.527. The van der Waals surface area contributed by atoms with E-state index in [1.807, 2.05) is 12.1 Å². The molecule has 0 radical (unpaired) electrons. The minimum absolute atomic E-state index is 0.0147. The van der Waals surface area contributed by atoms with Crippen LogP contribution in [0.15, 0.2) is 41.1 Å². The number of anilines is 1. The van der Waals surface area contributed by atoms with Gasteiger partial charge in [0, 0.05) is 18.5 Å². The molecule has 4 rings (SSSR count). The smallest absolute Gasteiger partial charge is 0.157 e. The highest BCUT2D eigenvalue weighted by molar-refractivity contribution is 5.86. The van der Waals surface area contributed by atoms with E-state index in [2.05, 4.69) is 15.3 Å². The van der Waals surface area contributed by atoms with E-state index in [0.29, 0.717) is 34.3 Å². The number of imidazole rings is 1. The largest absolute Gasteiger partial charge is 0.491 e. The number of nitrogens with one attached hydrogen (secondary N) is 1. The van der Waals surface area contributed by atoms with Crippen LogP contribution < -0.4 is 10.1 Å². The molecular formula is C18H14FN5O2. The first-order valence-corrected chi connectivity index (χ1v) is 7.92. The lowest BCUT2D eigenvalue weighted by molar-refractivity contribution is 0.273. The number of furan rings is 1. The lowest BCUT2D eigenvalue weighted by atomic mass is 10.2. The quantitative estimate of drug-likeness (QED) is 0.593. The minimum atomic E-state index is -0.541. The van der Waals surface area contributed by atoms with Gasteiger partial charge in [0.1, 0.15) is 59.9 Å². The van der Waals surface area contributed by atoms with Gasteiger partial charge in [0.05, 0.1) is 0 Å². The Morgan fingerprint density at radius 3 is 3.00 bits per heavy atom. The zero-order chi connectivity index (χ0) is 18.1. The third-order valence-corrected chi connectivity index (χ3v) is 3.93. The molecule has 1 N–H and O–H groups in total. The molecule has 7 nitrogen and oxygen atoms in total. The Balaban J connectivity index is 1.82. The predicted octanol–water partition coefficient (Wildman–Crippen LogP) is 3.40. The van der Waals surface area contributed by atoms with Crippen LogP contribution >= 0.6 is 0 Å². The number of rotatable bonds is 5. The Bertz CT molecular complexity index is 1140. The van der Waals surface area contributed by atoms with Gasteiger partial charge in [0.15, 0.2) is 5.76 Å². The van der Waals surface area contributed by atoms with Gasteiger partial charge >= 0.3 is 0 Å². The topological polar surface area (TPSA) is 88.4 Å². The first-order valence-electron chi connectivity index (χ1n) is 7.92. The lowest BCUT2D eigenvalue weighted by Gasteiger charge is -2.02. The van der Waals surface area contributed by atoms with Gasteiger partial charge in [0.25, 0.3) is 0 Å². The van der Waals surface area contributed by atoms with E-state index in [1.165, 1.54) is 0 Å². The van der Waals surface area contributed by atoms with Crippen molar-refractivity contribution in [1.82, 2.24) is 14.4 Å². The molecule has 4 aromatic rings. The van der Waals surface area contributed by atoms with E-state index in [0.717, 1.165) is 5.39 Å². The molecule has 0 saturated carbocycles. The molecule has 0 spiro atoms. The van der Waals surface area contributed by atoms with Crippen LogP contribution in [-0.4, -0.2) is 34.7 Å². The average molecular weight is 351 g/mol. The molecule has 0 fully saturated rings.